The smallest absolute Gasteiger partial charge is 0.243 e. The number of rotatable bonds is 4. The second-order valence-electron chi connectivity index (χ2n) is 11.0. The maximum atomic E-state index is 13.7. The maximum Gasteiger partial charge on any atom is 0.243 e. The minimum atomic E-state index is -0.0733. The molecule has 2 unspecified atom stereocenters. The number of hydrogen-bond donors (Lipinski definition) is 0. The number of likely N-dealkylation sites (tertiary alicyclic amines) is 1. The molecule has 5 aliphatic rings. The van der Waals surface area contributed by atoms with Crippen molar-refractivity contribution in [3.05, 3.63) is 41.1 Å². The molecular weight excluding hydrogens is 454 g/mol. The lowest BCUT2D eigenvalue weighted by Crippen LogP contribution is -2.60. The van der Waals surface area contributed by atoms with E-state index in [1.54, 1.807) is 25.3 Å². The Labute approximate surface area is 213 Å². The van der Waals surface area contributed by atoms with Crippen molar-refractivity contribution in [2.24, 2.45) is 11.8 Å². The van der Waals surface area contributed by atoms with Gasteiger partial charge in [0.25, 0.3) is 0 Å². The van der Waals surface area contributed by atoms with E-state index in [1.165, 1.54) is 37.8 Å². The van der Waals surface area contributed by atoms with Crippen LogP contribution in [0.4, 0.5) is 0 Å². The summed E-state index contributed by atoms with van der Waals surface area (Å²) in [5.41, 5.74) is 3.27. The molecular formula is C29H37N3O4. The highest BCUT2D eigenvalue weighted by atomic mass is 16.5. The molecule has 7 heteroatoms. The van der Waals surface area contributed by atoms with Crippen molar-refractivity contribution in [1.82, 2.24) is 14.7 Å². The largest absolute Gasteiger partial charge is 0.493 e. The van der Waals surface area contributed by atoms with E-state index in [9.17, 15) is 9.59 Å². The highest BCUT2D eigenvalue weighted by Gasteiger charge is 2.47. The third-order valence-electron chi connectivity index (χ3n) is 9.02. The Morgan fingerprint density at radius 2 is 1.92 bits per heavy atom. The Hall–Kier alpha value is -2.80. The minimum absolute atomic E-state index is 0.0592. The summed E-state index contributed by atoms with van der Waals surface area (Å²) in [6.07, 6.45) is 13.7. The van der Waals surface area contributed by atoms with Crippen molar-refractivity contribution < 1.29 is 19.1 Å². The number of carbonyl (C=O) groups is 2. The average Bonchev–Trinajstić information content (AvgIpc) is 3.05. The predicted octanol–water partition coefficient (Wildman–Crippen LogP) is 3.48. The van der Waals surface area contributed by atoms with Crippen molar-refractivity contribution in [2.75, 3.05) is 40.4 Å². The second-order valence-corrected chi connectivity index (χ2v) is 11.0. The summed E-state index contributed by atoms with van der Waals surface area (Å²) in [7, 11) is 3.20. The molecule has 0 N–H and O–H groups in total. The van der Waals surface area contributed by atoms with Gasteiger partial charge in [-0.05, 0) is 79.8 Å². The van der Waals surface area contributed by atoms with Crippen molar-refractivity contribution >= 4 is 17.9 Å². The third kappa shape index (κ3) is 4.11. The molecule has 2 bridgehead atoms. The van der Waals surface area contributed by atoms with Crippen molar-refractivity contribution in [1.29, 1.82) is 0 Å². The molecule has 0 radical (unpaired) electrons. The fourth-order valence-electron chi connectivity index (χ4n) is 7.39. The van der Waals surface area contributed by atoms with Crippen molar-refractivity contribution in [2.45, 2.75) is 57.0 Å². The number of methoxy groups -OCH3 is 2. The number of carbonyl (C=O) groups excluding carboxylic acids is 2. The molecule has 1 aromatic rings. The second kappa shape index (κ2) is 9.58. The van der Waals surface area contributed by atoms with Crippen LogP contribution in [0.5, 0.6) is 11.5 Å². The zero-order chi connectivity index (χ0) is 24.8. The molecule has 4 aliphatic heterocycles. The number of ether oxygens (including phenoxy) is 2. The standard InChI is InChI=1S/C29H37N3O4/c1-35-25-14-19-8-11-31(27(33)16-21(19)15-26(25)36-2)18-28(34)32-10-5-6-20-12-22-13-23(29(20)32)17-30-9-4-3-7-24(22)30/h8,11-12,14-15,22-24,29H,3-7,9-10,13,16-18H2,1-2H3/t22?,23?,24-,29-/m1/s1. The van der Waals surface area contributed by atoms with Gasteiger partial charge in [0, 0.05) is 25.3 Å². The topological polar surface area (TPSA) is 62.3 Å². The van der Waals surface area contributed by atoms with Gasteiger partial charge in [0.05, 0.1) is 26.7 Å². The van der Waals surface area contributed by atoms with E-state index >= 15 is 0 Å². The van der Waals surface area contributed by atoms with Gasteiger partial charge < -0.3 is 19.3 Å². The number of fused-ring (bicyclic) bond motifs is 7. The molecule has 4 heterocycles. The van der Waals surface area contributed by atoms with E-state index in [4.69, 9.17) is 9.47 Å². The Kier molecular flexibility index (Phi) is 6.28. The van der Waals surface area contributed by atoms with Crippen molar-refractivity contribution in [3.8, 4) is 11.5 Å². The molecule has 4 atom stereocenters. The number of piperidine rings is 3. The molecule has 36 heavy (non-hydrogen) atoms. The summed E-state index contributed by atoms with van der Waals surface area (Å²) in [6, 6.07) is 4.65. The predicted molar refractivity (Wildman–Crippen MR) is 138 cm³/mol. The van der Waals surface area contributed by atoms with Crippen molar-refractivity contribution in [3.63, 3.8) is 0 Å². The quantitative estimate of drug-likeness (QED) is 0.604. The van der Waals surface area contributed by atoms with Gasteiger partial charge in [-0.2, -0.15) is 0 Å². The van der Waals surface area contributed by atoms with Crippen LogP contribution in [0, 0.1) is 11.8 Å². The Morgan fingerprint density at radius 1 is 1.08 bits per heavy atom. The SMILES string of the molecule is COc1cc2c(cc1OC)CC(=O)N(CC(=O)N1CCCC3=CC4CC(CN5CCCC[C@H]45)[C@@H]31)C=C2. The van der Waals surface area contributed by atoms with E-state index < -0.39 is 0 Å². The lowest BCUT2D eigenvalue weighted by Gasteiger charge is -2.54. The lowest BCUT2D eigenvalue weighted by molar-refractivity contribution is -0.141. The monoisotopic (exact) mass is 491 g/mol. The molecule has 6 rings (SSSR count). The Morgan fingerprint density at radius 3 is 2.75 bits per heavy atom. The van der Waals surface area contributed by atoms with E-state index in [1.807, 2.05) is 18.2 Å². The van der Waals surface area contributed by atoms with Gasteiger partial charge in [-0.25, -0.2) is 0 Å². The van der Waals surface area contributed by atoms with Crippen LogP contribution in [0.1, 0.15) is 49.7 Å². The first-order valence-corrected chi connectivity index (χ1v) is 13.5. The molecule has 3 saturated heterocycles. The van der Waals surface area contributed by atoms with Crippen LogP contribution in [0.25, 0.3) is 6.08 Å². The van der Waals surface area contributed by atoms with Crippen LogP contribution < -0.4 is 9.47 Å². The van der Waals surface area contributed by atoms with E-state index in [0.717, 1.165) is 37.1 Å². The molecule has 0 saturated carbocycles. The summed E-state index contributed by atoms with van der Waals surface area (Å²) in [5, 5.41) is 0. The van der Waals surface area contributed by atoms with Gasteiger partial charge in [-0.3, -0.25) is 14.5 Å². The van der Waals surface area contributed by atoms with Crippen LogP contribution in [0.2, 0.25) is 0 Å². The van der Waals surface area contributed by atoms with Gasteiger partial charge in [0.15, 0.2) is 11.5 Å². The van der Waals surface area contributed by atoms with Crippen LogP contribution in [0.15, 0.2) is 30.0 Å². The average molecular weight is 492 g/mol. The first-order chi connectivity index (χ1) is 17.6. The molecule has 1 aromatic carbocycles. The van der Waals surface area contributed by atoms with Gasteiger partial charge in [0.1, 0.15) is 6.54 Å². The van der Waals surface area contributed by atoms with Crippen LogP contribution >= 0.6 is 0 Å². The summed E-state index contributed by atoms with van der Waals surface area (Å²) < 4.78 is 10.9. The molecule has 1 aliphatic carbocycles. The van der Waals surface area contributed by atoms with Gasteiger partial charge in [-0.15, -0.1) is 0 Å². The summed E-state index contributed by atoms with van der Waals surface area (Å²) in [6.45, 7) is 3.18. The molecule has 7 nitrogen and oxygen atoms in total. The molecule has 2 amide bonds. The number of hydrogen-bond acceptors (Lipinski definition) is 5. The van der Waals surface area contributed by atoms with Gasteiger partial charge in [-0.1, -0.05) is 18.1 Å². The third-order valence-corrected chi connectivity index (χ3v) is 9.02. The summed E-state index contributed by atoms with van der Waals surface area (Å²) in [4.78, 5) is 33.3. The normalized spacial score (nSPS) is 29.5. The number of amides is 2. The highest BCUT2D eigenvalue weighted by molar-refractivity contribution is 5.89. The minimum Gasteiger partial charge on any atom is -0.493 e. The maximum absolute atomic E-state index is 13.7. The van der Waals surface area contributed by atoms with Crippen LogP contribution in [0.3, 0.4) is 0 Å². The van der Waals surface area contributed by atoms with Crippen LogP contribution in [-0.4, -0.2) is 79.0 Å². The van der Waals surface area contributed by atoms with E-state index in [0.29, 0.717) is 29.4 Å². The number of nitrogens with zero attached hydrogens (tertiary/aromatic N) is 3. The zero-order valence-electron chi connectivity index (χ0n) is 21.4. The first-order valence-electron chi connectivity index (χ1n) is 13.5. The van der Waals surface area contributed by atoms with Gasteiger partial charge >= 0.3 is 0 Å². The highest BCUT2D eigenvalue weighted by Crippen LogP contribution is 2.45. The molecule has 0 aromatic heterocycles. The van der Waals surface area contributed by atoms with E-state index in [-0.39, 0.29) is 30.8 Å². The number of benzene rings is 1. The fourth-order valence-corrected chi connectivity index (χ4v) is 7.39. The van der Waals surface area contributed by atoms with E-state index in [2.05, 4.69) is 15.9 Å². The Bertz CT molecular complexity index is 1110. The zero-order valence-corrected chi connectivity index (χ0v) is 21.4. The molecule has 192 valence electrons. The lowest BCUT2D eigenvalue weighted by atomic mass is 9.68. The molecule has 3 fully saturated rings. The summed E-state index contributed by atoms with van der Waals surface area (Å²) >= 11 is 0. The summed E-state index contributed by atoms with van der Waals surface area (Å²) in [5.74, 6) is 2.37. The van der Waals surface area contributed by atoms with Gasteiger partial charge in [0.2, 0.25) is 11.8 Å². The Balaban J connectivity index is 1.20. The fraction of sp³-hybridized carbons (Fsp3) is 0.586. The van der Waals surface area contributed by atoms with Crippen LogP contribution in [-0.2, 0) is 16.0 Å². The molecule has 0 spiro atoms. The first kappa shape index (κ1) is 23.6.